The Kier molecular flexibility index (Phi) is 3.06. The number of carbonyl (C=O) groups is 1. The molecule has 0 unspecified atom stereocenters. The van der Waals surface area contributed by atoms with E-state index in [0.717, 1.165) is 10.7 Å². The monoisotopic (exact) mass is 250 g/mol. The normalized spacial score (nSPS) is 10.4. The van der Waals surface area contributed by atoms with Gasteiger partial charge in [0, 0.05) is 0 Å². The highest BCUT2D eigenvalue weighted by atomic mass is 32.2. The van der Waals surface area contributed by atoms with E-state index in [1.807, 2.05) is 0 Å². The zero-order valence-electron chi connectivity index (χ0n) is 9.01. The van der Waals surface area contributed by atoms with Crippen molar-refractivity contribution in [3.8, 4) is 0 Å². The number of carboxylic acids is 1. The Morgan fingerprint density at radius 1 is 1.59 bits per heavy atom. The summed E-state index contributed by atoms with van der Waals surface area (Å²) < 4.78 is 5.14. The topological polar surface area (TPSA) is 89.4 Å². The molecular formula is C11H10N2O3S. The largest absolute Gasteiger partial charge is 0.478 e. The molecule has 0 amide bonds. The average Bonchev–Trinajstić information content (AvgIpc) is 2.67. The van der Waals surface area contributed by atoms with Crippen molar-refractivity contribution in [2.45, 2.75) is 16.8 Å². The highest BCUT2D eigenvalue weighted by Crippen LogP contribution is 2.32. The van der Waals surface area contributed by atoms with Gasteiger partial charge in [0.05, 0.1) is 28.6 Å². The second-order valence-electron chi connectivity index (χ2n) is 3.37. The average molecular weight is 250 g/mol. The van der Waals surface area contributed by atoms with Crippen LogP contribution < -0.4 is 5.73 Å². The van der Waals surface area contributed by atoms with Gasteiger partial charge in [0.1, 0.15) is 10.8 Å². The highest BCUT2D eigenvalue weighted by molar-refractivity contribution is 7.99. The molecule has 0 aliphatic carbocycles. The van der Waals surface area contributed by atoms with Gasteiger partial charge in [-0.2, -0.15) is 0 Å². The Morgan fingerprint density at radius 2 is 2.35 bits per heavy atom. The van der Waals surface area contributed by atoms with Gasteiger partial charge in [0.25, 0.3) is 0 Å². The molecule has 2 rings (SSSR count). The van der Waals surface area contributed by atoms with Crippen LogP contribution in [0.4, 0.5) is 5.69 Å². The van der Waals surface area contributed by atoms with E-state index in [1.165, 1.54) is 24.0 Å². The zero-order valence-corrected chi connectivity index (χ0v) is 9.82. The van der Waals surface area contributed by atoms with Crippen molar-refractivity contribution in [2.75, 3.05) is 5.73 Å². The molecule has 3 N–H and O–H groups in total. The van der Waals surface area contributed by atoms with E-state index in [9.17, 15) is 4.79 Å². The molecule has 88 valence electrons. The van der Waals surface area contributed by atoms with Crippen molar-refractivity contribution in [1.29, 1.82) is 0 Å². The van der Waals surface area contributed by atoms with E-state index in [1.54, 1.807) is 19.3 Å². The van der Waals surface area contributed by atoms with Crippen LogP contribution >= 0.6 is 11.8 Å². The van der Waals surface area contributed by atoms with Crippen LogP contribution in [-0.2, 0) is 0 Å². The van der Waals surface area contributed by atoms with Crippen LogP contribution in [0.25, 0.3) is 0 Å². The lowest BCUT2D eigenvalue weighted by Crippen LogP contribution is -2.02. The molecule has 0 spiro atoms. The van der Waals surface area contributed by atoms with Gasteiger partial charge < -0.3 is 15.3 Å². The fraction of sp³-hybridized carbons (Fsp3) is 0.0909. The standard InChI is InChI=1S/C11H10N2O3S/c1-6-9(2-3-16-6)17-10-8(11(14)15)4-7(12)5-13-10/h2-5H,12H2,1H3,(H,14,15). The fourth-order valence-electron chi connectivity index (χ4n) is 1.29. The summed E-state index contributed by atoms with van der Waals surface area (Å²) in [5.41, 5.74) is 5.94. The number of hydrogen-bond acceptors (Lipinski definition) is 5. The maximum Gasteiger partial charge on any atom is 0.338 e. The van der Waals surface area contributed by atoms with E-state index < -0.39 is 5.97 Å². The van der Waals surface area contributed by atoms with Gasteiger partial charge in [-0.3, -0.25) is 0 Å². The quantitative estimate of drug-likeness (QED) is 0.869. The van der Waals surface area contributed by atoms with Gasteiger partial charge in [-0.05, 0) is 19.1 Å². The van der Waals surface area contributed by atoms with Gasteiger partial charge in [-0.15, -0.1) is 0 Å². The fourth-order valence-corrected chi connectivity index (χ4v) is 2.17. The van der Waals surface area contributed by atoms with Gasteiger partial charge in [0.15, 0.2) is 0 Å². The first-order valence-electron chi connectivity index (χ1n) is 4.78. The van der Waals surface area contributed by atoms with Crippen LogP contribution in [0, 0.1) is 6.92 Å². The molecule has 0 saturated heterocycles. The van der Waals surface area contributed by atoms with Crippen LogP contribution in [0.15, 0.2) is 38.9 Å². The summed E-state index contributed by atoms with van der Waals surface area (Å²) in [5, 5.41) is 9.45. The van der Waals surface area contributed by atoms with Gasteiger partial charge in [-0.1, -0.05) is 11.8 Å². The van der Waals surface area contributed by atoms with E-state index in [4.69, 9.17) is 15.3 Å². The second kappa shape index (κ2) is 4.50. The predicted octanol–water partition coefficient (Wildman–Crippen LogP) is 2.41. The number of carboxylic acid groups (broad SMARTS) is 1. The molecule has 0 atom stereocenters. The number of aromatic nitrogens is 1. The minimum absolute atomic E-state index is 0.0931. The number of nitrogens with two attached hydrogens (primary N) is 1. The van der Waals surface area contributed by atoms with Crippen LogP contribution in [0.1, 0.15) is 16.1 Å². The van der Waals surface area contributed by atoms with Gasteiger partial charge in [-0.25, -0.2) is 9.78 Å². The molecule has 17 heavy (non-hydrogen) atoms. The predicted molar refractivity (Wildman–Crippen MR) is 63.2 cm³/mol. The van der Waals surface area contributed by atoms with Crippen molar-refractivity contribution >= 4 is 23.4 Å². The van der Waals surface area contributed by atoms with E-state index in [-0.39, 0.29) is 5.56 Å². The molecule has 2 aromatic heterocycles. The Bertz CT molecular complexity index is 566. The van der Waals surface area contributed by atoms with E-state index >= 15 is 0 Å². The molecule has 5 nitrogen and oxygen atoms in total. The zero-order chi connectivity index (χ0) is 12.4. The maximum absolute atomic E-state index is 11.1. The van der Waals surface area contributed by atoms with Crippen molar-refractivity contribution in [3.63, 3.8) is 0 Å². The van der Waals surface area contributed by atoms with Gasteiger partial charge >= 0.3 is 5.97 Å². The van der Waals surface area contributed by atoms with Crippen molar-refractivity contribution < 1.29 is 14.3 Å². The number of rotatable bonds is 3. The third-order valence-corrected chi connectivity index (χ3v) is 3.28. The second-order valence-corrected chi connectivity index (χ2v) is 4.40. The maximum atomic E-state index is 11.1. The van der Waals surface area contributed by atoms with Crippen LogP contribution in [0.2, 0.25) is 0 Å². The highest BCUT2D eigenvalue weighted by Gasteiger charge is 2.15. The van der Waals surface area contributed by atoms with E-state index in [0.29, 0.717) is 10.7 Å². The molecule has 0 bridgehead atoms. The summed E-state index contributed by atoms with van der Waals surface area (Å²) in [6, 6.07) is 3.16. The summed E-state index contributed by atoms with van der Waals surface area (Å²) in [6.07, 6.45) is 2.99. The number of nitrogen functional groups attached to an aromatic ring is 1. The smallest absolute Gasteiger partial charge is 0.338 e. The molecule has 0 fully saturated rings. The summed E-state index contributed by atoms with van der Waals surface area (Å²) >= 11 is 1.24. The first-order chi connectivity index (χ1) is 8.08. The molecule has 2 aromatic rings. The lowest BCUT2D eigenvalue weighted by atomic mass is 10.3. The number of anilines is 1. The molecule has 0 aromatic carbocycles. The number of pyridine rings is 1. The molecule has 0 aliphatic heterocycles. The lowest BCUT2D eigenvalue weighted by molar-refractivity contribution is 0.0692. The Morgan fingerprint density at radius 3 is 2.94 bits per heavy atom. The molecule has 0 radical (unpaired) electrons. The Hall–Kier alpha value is -1.95. The minimum Gasteiger partial charge on any atom is -0.478 e. The van der Waals surface area contributed by atoms with Crippen molar-refractivity contribution in [1.82, 2.24) is 4.98 Å². The number of nitrogens with zero attached hydrogens (tertiary/aromatic N) is 1. The van der Waals surface area contributed by atoms with Crippen LogP contribution in [0.5, 0.6) is 0 Å². The van der Waals surface area contributed by atoms with Gasteiger partial charge in [0.2, 0.25) is 0 Å². The third-order valence-electron chi connectivity index (χ3n) is 2.12. The first kappa shape index (κ1) is 11.5. The summed E-state index contributed by atoms with van der Waals surface area (Å²) in [6.45, 7) is 1.81. The summed E-state index contributed by atoms with van der Waals surface area (Å²) in [4.78, 5) is 15.9. The number of aryl methyl sites for hydroxylation is 1. The SMILES string of the molecule is Cc1occc1Sc1ncc(N)cc1C(=O)O. The van der Waals surface area contributed by atoms with Crippen LogP contribution in [0.3, 0.4) is 0 Å². The van der Waals surface area contributed by atoms with Crippen molar-refractivity contribution in [3.05, 3.63) is 35.9 Å². The molecular weight excluding hydrogens is 240 g/mol. The van der Waals surface area contributed by atoms with E-state index in [2.05, 4.69) is 4.98 Å². The lowest BCUT2D eigenvalue weighted by Gasteiger charge is -2.04. The van der Waals surface area contributed by atoms with Crippen LogP contribution in [-0.4, -0.2) is 16.1 Å². The number of aromatic carboxylic acids is 1. The Labute approximate surface area is 102 Å². The molecule has 0 saturated carbocycles. The summed E-state index contributed by atoms with van der Waals surface area (Å²) in [7, 11) is 0. The Balaban J connectivity index is 2.39. The molecule has 6 heteroatoms. The number of furan rings is 1. The first-order valence-corrected chi connectivity index (χ1v) is 5.60. The molecule has 2 heterocycles. The number of hydrogen-bond donors (Lipinski definition) is 2. The third kappa shape index (κ3) is 2.42. The summed E-state index contributed by atoms with van der Waals surface area (Å²) in [5.74, 6) is -0.321. The minimum atomic E-state index is -1.05. The molecule has 0 aliphatic rings. The van der Waals surface area contributed by atoms with Crippen molar-refractivity contribution in [2.24, 2.45) is 0 Å².